The molecule has 1 fully saturated rings. The second kappa shape index (κ2) is 7.15. The molecule has 1 aliphatic heterocycles. The summed E-state index contributed by atoms with van der Waals surface area (Å²) in [6.45, 7) is 6.21. The fraction of sp³-hybridized carbons (Fsp3) is 0.280. The molecule has 1 aromatic heterocycles. The van der Waals surface area contributed by atoms with Crippen molar-refractivity contribution in [3.05, 3.63) is 77.1 Å². The molecule has 2 heterocycles. The van der Waals surface area contributed by atoms with E-state index in [2.05, 4.69) is 31.2 Å². The van der Waals surface area contributed by atoms with Crippen molar-refractivity contribution in [2.75, 3.05) is 10.2 Å². The molecule has 0 saturated heterocycles. The van der Waals surface area contributed by atoms with Gasteiger partial charge in [0.1, 0.15) is 0 Å². The Balaban J connectivity index is 1.40. The Labute approximate surface area is 186 Å². The molecule has 0 bridgehead atoms. The Morgan fingerprint density at radius 2 is 1.62 bits per heavy atom. The van der Waals surface area contributed by atoms with E-state index in [1.807, 2.05) is 10.7 Å². The molecule has 0 unspecified atom stereocenters. The molecule has 32 heavy (non-hydrogen) atoms. The van der Waals surface area contributed by atoms with Crippen LogP contribution in [0.5, 0.6) is 0 Å². The molecule has 7 nitrogen and oxygen atoms in total. The van der Waals surface area contributed by atoms with Crippen molar-refractivity contribution in [3.8, 4) is 0 Å². The van der Waals surface area contributed by atoms with Crippen LogP contribution in [0.4, 0.5) is 11.4 Å². The van der Waals surface area contributed by atoms with Crippen LogP contribution in [0, 0.1) is 0 Å². The largest absolute Gasteiger partial charge is 0.321 e. The Kier molecular flexibility index (Phi) is 4.51. The van der Waals surface area contributed by atoms with E-state index in [1.165, 1.54) is 0 Å². The van der Waals surface area contributed by atoms with Gasteiger partial charge in [-0.1, -0.05) is 18.2 Å². The van der Waals surface area contributed by atoms with E-state index in [0.717, 1.165) is 23.4 Å². The summed E-state index contributed by atoms with van der Waals surface area (Å²) in [6.07, 6.45) is 2.23. The number of hydrogen-bond donors (Lipinski definition) is 1. The highest BCUT2D eigenvalue weighted by Gasteiger charge is 2.36. The molecule has 5 rings (SSSR count). The van der Waals surface area contributed by atoms with Crippen molar-refractivity contribution >= 4 is 29.1 Å². The number of fused-ring (bicyclic) bond motifs is 1. The molecule has 7 heteroatoms. The van der Waals surface area contributed by atoms with E-state index in [-0.39, 0.29) is 23.3 Å². The van der Waals surface area contributed by atoms with Gasteiger partial charge in [-0.2, -0.15) is 5.10 Å². The number of aromatic nitrogens is 2. The van der Waals surface area contributed by atoms with Crippen LogP contribution in [0.25, 0.3) is 0 Å². The topological polar surface area (TPSA) is 84.3 Å². The molecule has 0 radical (unpaired) electrons. The van der Waals surface area contributed by atoms with Gasteiger partial charge in [-0.25, -0.2) is 4.90 Å². The number of carbonyl (C=O) groups excluding carboxylic acids is 3. The second-order valence-corrected chi connectivity index (χ2v) is 9.31. The summed E-state index contributed by atoms with van der Waals surface area (Å²) in [7, 11) is 0. The molecule has 2 aromatic carbocycles. The Bertz CT molecular complexity index is 1230. The van der Waals surface area contributed by atoms with E-state index < -0.39 is 0 Å². The molecule has 3 aromatic rings. The van der Waals surface area contributed by atoms with Crippen molar-refractivity contribution in [3.63, 3.8) is 0 Å². The van der Waals surface area contributed by atoms with Gasteiger partial charge in [0.2, 0.25) is 0 Å². The standard InChI is InChI=1S/C25H24N4O3/c1-25(2,3)29-21(15-11-12-15)14-20(27-29)22(30)26-16-7-6-8-17(13-16)28-23(31)18-9-4-5-10-19(18)24(28)32/h4-10,13-15H,11-12H2,1-3H3,(H,26,30). The molecular weight excluding hydrogens is 404 g/mol. The van der Waals surface area contributed by atoms with Crippen molar-refractivity contribution < 1.29 is 14.4 Å². The van der Waals surface area contributed by atoms with Gasteiger partial charge < -0.3 is 5.32 Å². The summed E-state index contributed by atoms with van der Waals surface area (Å²) in [6, 6.07) is 15.4. The first-order valence-electron chi connectivity index (χ1n) is 10.7. The van der Waals surface area contributed by atoms with Gasteiger partial charge in [0.15, 0.2) is 5.69 Å². The Morgan fingerprint density at radius 3 is 2.22 bits per heavy atom. The summed E-state index contributed by atoms with van der Waals surface area (Å²) >= 11 is 0. The van der Waals surface area contributed by atoms with E-state index in [4.69, 9.17) is 0 Å². The molecule has 162 valence electrons. The molecule has 0 spiro atoms. The number of rotatable bonds is 4. The van der Waals surface area contributed by atoms with Crippen LogP contribution in [0.3, 0.4) is 0 Å². The minimum atomic E-state index is -0.368. The van der Waals surface area contributed by atoms with Gasteiger partial charge in [0.05, 0.1) is 22.4 Å². The van der Waals surface area contributed by atoms with Crippen molar-refractivity contribution in [2.45, 2.75) is 45.1 Å². The van der Waals surface area contributed by atoms with Crippen LogP contribution >= 0.6 is 0 Å². The number of imide groups is 1. The highest BCUT2D eigenvalue weighted by atomic mass is 16.2. The third-order valence-electron chi connectivity index (χ3n) is 5.76. The monoisotopic (exact) mass is 428 g/mol. The third-order valence-corrected chi connectivity index (χ3v) is 5.76. The molecule has 1 aliphatic carbocycles. The number of hydrogen-bond acceptors (Lipinski definition) is 4. The van der Waals surface area contributed by atoms with Crippen LogP contribution in [0.15, 0.2) is 54.6 Å². The predicted octanol–water partition coefficient (Wildman–Crippen LogP) is 4.57. The highest BCUT2D eigenvalue weighted by Crippen LogP contribution is 2.41. The second-order valence-electron chi connectivity index (χ2n) is 9.31. The van der Waals surface area contributed by atoms with Crippen LogP contribution in [0.2, 0.25) is 0 Å². The zero-order chi connectivity index (χ0) is 22.6. The molecule has 2 aliphatic rings. The van der Waals surface area contributed by atoms with Gasteiger partial charge in [-0.05, 0) is 70.0 Å². The lowest BCUT2D eigenvalue weighted by Gasteiger charge is -2.22. The lowest BCUT2D eigenvalue weighted by molar-refractivity contribution is 0.0925. The summed E-state index contributed by atoms with van der Waals surface area (Å²) in [5, 5.41) is 7.44. The number of nitrogens with zero attached hydrogens (tertiary/aromatic N) is 3. The third kappa shape index (κ3) is 3.39. The fourth-order valence-electron chi connectivity index (χ4n) is 4.06. The summed E-state index contributed by atoms with van der Waals surface area (Å²) < 4.78 is 1.94. The van der Waals surface area contributed by atoms with Gasteiger partial charge in [0, 0.05) is 17.3 Å². The van der Waals surface area contributed by atoms with Gasteiger partial charge in [-0.3, -0.25) is 19.1 Å². The lowest BCUT2D eigenvalue weighted by atomic mass is 10.1. The summed E-state index contributed by atoms with van der Waals surface area (Å²) in [5.41, 5.74) is 2.88. The minimum Gasteiger partial charge on any atom is -0.321 e. The first-order valence-corrected chi connectivity index (χ1v) is 10.7. The summed E-state index contributed by atoms with van der Waals surface area (Å²) in [4.78, 5) is 39.6. The zero-order valence-electron chi connectivity index (χ0n) is 18.3. The fourth-order valence-corrected chi connectivity index (χ4v) is 4.06. The van der Waals surface area contributed by atoms with Crippen molar-refractivity contribution in [1.82, 2.24) is 9.78 Å². The van der Waals surface area contributed by atoms with Crippen LogP contribution < -0.4 is 10.2 Å². The first kappa shape index (κ1) is 20.2. The van der Waals surface area contributed by atoms with Crippen LogP contribution in [-0.2, 0) is 5.54 Å². The van der Waals surface area contributed by atoms with Crippen molar-refractivity contribution in [2.24, 2.45) is 0 Å². The maximum Gasteiger partial charge on any atom is 0.276 e. The minimum absolute atomic E-state index is 0.220. The van der Waals surface area contributed by atoms with E-state index in [1.54, 1.807) is 48.5 Å². The normalized spacial score (nSPS) is 15.8. The number of amides is 3. The average molecular weight is 428 g/mol. The number of anilines is 2. The van der Waals surface area contributed by atoms with Gasteiger partial charge in [0.25, 0.3) is 17.7 Å². The SMILES string of the molecule is CC(C)(C)n1nc(C(=O)Nc2cccc(N3C(=O)c4ccccc4C3=O)c2)cc1C1CC1. The predicted molar refractivity (Wildman–Crippen MR) is 121 cm³/mol. The molecular formula is C25H24N4O3. The van der Waals surface area contributed by atoms with E-state index >= 15 is 0 Å². The number of nitrogens with one attached hydrogen (secondary N) is 1. The van der Waals surface area contributed by atoms with Crippen LogP contribution in [0.1, 0.15) is 76.4 Å². The molecule has 0 atom stereocenters. The Morgan fingerprint density at radius 1 is 0.969 bits per heavy atom. The molecule has 3 amide bonds. The molecule has 1 saturated carbocycles. The number of carbonyl (C=O) groups is 3. The van der Waals surface area contributed by atoms with Crippen LogP contribution in [-0.4, -0.2) is 27.5 Å². The lowest BCUT2D eigenvalue weighted by Crippen LogP contribution is -2.29. The highest BCUT2D eigenvalue weighted by molar-refractivity contribution is 6.34. The zero-order valence-corrected chi connectivity index (χ0v) is 18.3. The maximum absolute atomic E-state index is 13.0. The smallest absolute Gasteiger partial charge is 0.276 e. The number of benzene rings is 2. The van der Waals surface area contributed by atoms with E-state index in [9.17, 15) is 14.4 Å². The Hall–Kier alpha value is -3.74. The first-order chi connectivity index (χ1) is 15.2. The maximum atomic E-state index is 13.0. The van der Waals surface area contributed by atoms with E-state index in [0.29, 0.717) is 34.1 Å². The average Bonchev–Trinajstić information content (AvgIpc) is 3.44. The molecule has 1 N–H and O–H groups in total. The van der Waals surface area contributed by atoms with Crippen molar-refractivity contribution in [1.29, 1.82) is 0 Å². The van der Waals surface area contributed by atoms with Gasteiger partial charge >= 0.3 is 0 Å². The quantitative estimate of drug-likeness (QED) is 0.617. The van der Waals surface area contributed by atoms with Gasteiger partial charge in [-0.15, -0.1) is 0 Å². The summed E-state index contributed by atoms with van der Waals surface area (Å²) in [5.74, 6) is -0.603.